The molecule has 4 N–H and O–H groups in total. The van der Waals surface area contributed by atoms with E-state index >= 15 is 0 Å². The summed E-state index contributed by atoms with van der Waals surface area (Å²) in [6.45, 7) is 4.70. The summed E-state index contributed by atoms with van der Waals surface area (Å²) < 4.78 is 0. The van der Waals surface area contributed by atoms with Crippen LogP contribution in [0, 0.1) is 11.8 Å². The first-order valence-electron chi connectivity index (χ1n) is 8.52. The van der Waals surface area contributed by atoms with E-state index < -0.39 is 0 Å². The van der Waals surface area contributed by atoms with Gasteiger partial charge in [0.1, 0.15) is 0 Å². The van der Waals surface area contributed by atoms with Gasteiger partial charge in [-0.05, 0) is 60.1 Å². The van der Waals surface area contributed by atoms with Crippen LogP contribution in [0.4, 0.5) is 11.4 Å². The van der Waals surface area contributed by atoms with Gasteiger partial charge in [-0.3, -0.25) is 0 Å². The summed E-state index contributed by atoms with van der Waals surface area (Å²) in [5.74, 6) is 1.20. The minimum atomic E-state index is -0.0476. The predicted molar refractivity (Wildman–Crippen MR) is 124 cm³/mol. The third-order valence-corrected chi connectivity index (χ3v) is 6.47. The number of anilines is 2. The zero-order chi connectivity index (χ0) is 17.5. The van der Waals surface area contributed by atoms with Crippen molar-refractivity contribution in [2.45, 2.75) is 48.3 Å². The molecule has 2 aromatic rings. The number of rotatable bonds is 2. The first-order chi connectivity index (χ1) is 11.3. The molecule has 0 saturated heterocycles. The Morgan fingerprint density at radius 1 is 0.846 bits per heavy atom. The average Bonchev–Trinajstić information content (AvgIpc) is 2.55. The molecule has 1 aliphatic rings. The van der Waals surface area contributed by atoms with Gasteiger partial charge in [-0.15, -0.1) is 50.1 Å². The Morgan fingerprint density at radius 2 is 1.31 bits per heavy atom. The van der Waals surface area contributed by atoms with Gasteiger partial charge in [0, 0.05) is 26.6 Å². The summed E-state index contributed by atoms with van der Waals surface area (Å²) in [5, 5.41) is 0. The standard InChI is InChI=1S/C20H26N2S2.2ClH/c1-12-3-4-13(2)20(11-12,14-5-7-16(21)18(23)9-14)15-6-8-17(22)19(24)10-15;;/h5-10,12-13,23-24H,3-4,11,21-22H2,1-2H3;2*1H. The molecule has 0 aliphatic heterocycles. The van der Waals surface area contributed by atoms with Crippen molar-refractivity contribution >= 4 is 61.4 Å². The monoisotopic (exact) mass is 430 g/mol. The van der Waals surface area contributed by atoms with E-state index in [1.54, 1.807) is 0 Å². The number of nitrogens with two attached hydrogens (primary N) is 2. The van der Waals surface area contributed by atoms with Crippen LogP contribution in [0.3, 0.4) is 0 Å². The highest BCUT2D eigenvalue weighted by Crippen LogP contribution is 2.51. The third kappa shape index (κ3) is 4.09. The van der Waals surface area contributed by atoms with E-state index in [2.05, 4.69) is 63.4 Å². The molecule has 0 bridgehead atoms. The van der Waals surface area contributed by atoms with Gasteiger partial charge in [0.15, 0.2) is 0 Å². The fourth-order valence-corrected chi connectivity index (χ4v) is 4.67. The van der Waals surface area contributed by atoms with E-state index in [0.29, 0.717) is 11.8 Å². The summed E-state index contributed by atoms with van der Waals surface area (Å²) in [4.78, 5) is 1.69. The SMILES string of the molecule is CC1CCC(C)C(c2ccc(N)c(S)c2)(c2ccc(N)c(S)c2)C1.Cl.Cl. The van der Waals surface area contributed by atoms with Crippen LogP contribution in [-0.4, -0.2) is 0 Å². The quantitative estimate of drug-likeness (QED) is 0.347. The van der Waals surface area contributed by atoms with Crippen LogP contribution in [0.5, 0.6) is 0 Å². The van der Waals surface area contributed by atoms with E-state index in [1.165, 1.54) is 24.0 Å². The highest BCUT2D eigenvalue weighted by atomic mass is 35.5. The number of hydrogen-bond donors (Lipinski definition) is 4. The lowest BCUT2D eigenvalue weighted by molar-refractivity contribution is 0.193. The normalized spacial score (nSPS) is 21.4. The van der Waals surface area contributed by atoms with E-state index in [9.17, 15) is 0 Å². The van der Waals surface area contributed by atoms with Crippen molar-refractivity contribution in [3.63, 3.8) is 0 Å². The summed E-state index contributed by atoms with van der Waals surface area (Å²) in [6.07, 6.45) is 3.59. The van der Waals surface area contributed by atoms with Crippen molar-refractivity contribution in [3.8, 4) is 0 Å². The average molecular weight is 431 g/mol. The van der Waals surface area contributed by atoms with Gasteiger partial charge in [-0.25, -0.2) is 0 Å². The van der Waals surface area contributed by atoms with Gasteiger partial charge >= 0.3 is 0 Å². The number of hydrogen-bond acceptors (Lipinski definition) is 4. The zero-order valence-electron chi connectivity index (χ0n) is 15.1. The highest BCUT2D eigenvalue weighted by molar-refractivity contribution is 7.80. The molecule has 0 spiro atoms. The first-order valence-corrected chi connectivity index (χ1v) is 9.42. The van der Waals surface area contributed by atoms with Gasteiger partial charge in [0.2, 0.25) is 0 Å². The summed E-state index contributed by atoms with van der Waals surface area (Å²) in [7, 11) is 0. The molecule has 0 aromatic heterocycles. The molecule has 2 unspecified atom stereocenters. The van der Waals surface area contributed by atoms with Crippen LogP contribution in [0.2, 0.25) is 0 Å². The van der Waals surface area contributed by atoms with Crippen molar-refractivity contribution < 1.29 is 0 Å². The van der Waals surface area contributed by atoms with Gasteiger partial charge < -0.3 is 11.5 Å². The number of nitrogen functional groups attached to an aromatic ring is 2. The third-order valence-electron chi connectivity index (χ3n) is 5.70. The molecule has 1 saturated carbocycles. The van der Waals surface area contributed by atoms with Crippen molar-refractivity contribution in [1.82, 2.24) is 0 Å². The molecule has 2 nitrogen and oxygen atoms in total. The van der Waals surface area contributed by atoms with Crippen LogP contribution in [0.15, 0.2) is 46.2 Å². The van der Waals surface area contributed by atoms with Gasteiger partial charge in [-0.2, -0.15) is 0 Å². The summed E-state index contributed by atoms with van der Waals surface area (Å²) >= 11 is 9.13. The minimum Gasteiger partial charge on any atom is -0.398 e. The Hall–Kier alpha value is -0.680. The first kappa shape index (κ1) is 23.4. The van der Waals surface area contributed by atoms with Crippen LogP contribution in [-0.2, 0) is 5.41 Å². The lowest BCUT2D eigenvalue weighted by atomic mass is 9.57. The predicted octanol–water partition coefficient (Wildman–Crippen LogP) is 6.01. The molecule has 1 aliphatic carbocycles. The molecule has 2 aromatic carbocycles. The Balaban J connectivity index is 0.00000169. The molecule has 0 amide bonds. The smallest absolute Gasteiger partial charge is 0.0449 e. The largest absolute Gasteiger partial charge is 0.398 e. The summed E-state index contributed by atoms with van der Waals surface area (Å²) in [5.41, 5.74) is 16.0. The molecule has 3 rings (SSSR count). The Bertz CT molecular complexity index is 716. The maximum Gasteiger partial charge on any atom is 0.0449 e. The number of thiol groups is 2. The van der Waals surface area contributed by atoms with Crippen LogP contribution in [0.25, 0.3) is 0 Å². The maximum atomic E-state index is 6.00. The molecule has 2 atom stereocenters. The molecule has 0 heterocycles. The van der Waals surface area contributed by atoms with Crippen LogP contribution >= 0.6 is 50.1 Å². The van der Waals surface area contributed by atoms with Crippen molar-refractivity contribution in [1.29, 1.82) is 0 Å². The molecule has 1 fully saturated rings. The van der Waals surface area contributed by atoms with Crippen molar-refractivity contribution in [2.75, 3.05) is 11.5 Å². The second-order valence-corrected chi connectivity index (χ2v) is 8.27. The second kappa shape index (κ2) is 9.01. The molecular weight excluding hydrogens is 403 g/mol. The topological polar surface area (TPSA) is 52.0 Å². The molecule has 26 heavy (non-hydrogen) atoms. The molecule has 6 heteroatoms. The van der Waals surface area contributed by atoms with Crippen LogP contribution < -0.4 is 11.5 Å². The highest BCUT2D eigenvalue weighted by Gasteiger charge is 2.43. The van der Waals surface area contributed by atoms with Gasteiger partial charge in [0.05, 0.1) is 0 Å². The Labute approximate surface area is 180 Å². The fraction of sp³-hybridized carbons (Fsp3) is 0.400. The molecule has 0 radical (unpaired) electrons. The van der Waals surface area contributed by atoms with E-state index in [4.69, 9.17) is 11.5 Å². The maximum absolute atomic E-state index is 6.00. The van der Waals surface area contributed by atoms with E-state index in [0.717, 1.165) is 27.6 Å². The Morgan fingerprint density at radius 3 is 1.73 bits per heavy atom. The lowest BCUT2D eigenvalue weighted by Gasteiger charge is -2.46. The lowest BCUT2D eigenvalue weighted by Crippen LogP contribution is -2.40. The minimum absolute atomic E-state index is 0. The van der Waals surface area contributed by atoms with E-state index in [1.807, 2.05) is 12.1 Å². The molecule has 144 valence electrons. The fourth-order valence-electron chi connectivity index (χ4n) is 4.25. The van der Waals surface area contributed by atoms with Crippen LogP contribution in [0.1, 0.15) is 44.2 Å². The second-order valence-electron chi connectivity index (χ2n) is 7.31. The van der Waals surface area contributed by atoms with Gasteiger partial charge in [-0.1, -0.05) is 32.4 Å². The van der Waals surface area contributed by atoms with Crippen molar-refractivity contribution in [3.05, 3.63) is 47.5 Å². The number of halogens is 2. The van der Waals surface area contributed by atoms with E-state index in [-0.39, 0.29) is 30.2 Å². The Kier molecular flexibility index (Phi) is 8.09. The van der Waals surface area contributed by atoms with Gasteiger partial charge in [0.25, 0.3) is 0 Å². The number of benzene rings is 2. The summed E-state index contributed by atoms with van der Waals surface area (Å²) in [6, 6.07) is 12.6. The zero-order valence-corrected chi connectivity index (χ0v) is 18.5. The molecular formula is C20H28Cl2N2S2. The van der Waals surface area contributed by atoms with Crippen molar-refractivity contribution in [2.24, 2.45) is 11.8 Å².